The highest BCUT2D eigenvalue weighted by atomic mass is 35.5. The van der Waals surface area contributed by atoms with Crippen molar-refractivity contribution in [3.05, 3.63) is 36.0 Å². The Kier molecular flexibility index (Phi) is 3.93. The van der Waals surface area contributed by atoms with Gasteiger partial charge in [-0.2, -0.15) is 0 Å². The number of nitrogens with one attached hydrogen (secondary N) is 1. The summed E-state index contributed by atoms with van der Waals surface area (Å²) in [5.74, 6) is 0.429. The van der Waals surface area contributed by atoms with Crippen molar-refractivity contribution in [3.8, 4) is 0 Å². The summed E-state index contributed by atoms with van der Waals surface area (Å²) in [6, 6.07) is 4.35. The number of rotatable bonds is 5. The quantitative estimate of drug-likeness (QED) is 0.828. The fourth-order valence-electron chi connectivity index (χ4n) is 1.33. The molecule has 0 bridgehead atoms. The van der Waals surface area contributed by atoms with E-state index in [0.717, 1.165) is 13.0 Å². The van der Waals surface area contributed by atoms with Gasteiger partial charge in [0.1, 0.15) is 5.38 Å². The number of hydrogen-bond donors (Lipinski definition) is 1. The first-order valence-electron chi connectivity index (χ1n) is 5.36. The fraction of sp³-hybridized carbons (Fsp3) is 0.364. The molecule has 0 spiro atoms. The van der Waals surface area contributed by atoms with Gasteiger partial charge in [-0.25, -0.2) is 0 Å². The van der Waals surface area contributed by atoms with E-state index in [1.165, 1.54) is 5.56 Å². The lowest BCUT2D eigenvalue weighted by molar-refractivity contribution is 0.506. The first-order valence-corrected chi connectivity index (χ1v) is 5.79. The van der Waals surface area contributed by atoms with Crippen LogP contribution in [0.25, 0.3) is 0 Å². The molecule has 0 aliphatic heterocycles. The maximum absolute atomic E-state index is 5.82. The minimum atomic E-state index is -0.266. The zero-order chi connectivity index (χ0) is 12.1. The molecule has 0 aliphatic rings. The minimum absolute atomic E-state index is 0.266. The van der Waals surface area contributed by atoms with Gasteiger partial charge in [0.25, 0.3) is 0 Å². The Morgan fingerprint density at radius 3 is 2.76 bits per heavy atom. The van der Waals surface area contributed by atoms with Crippen LogP contribution >= 0.6 is 11.6 Å². The summed E-state index contributed by atoms with van der Waals surface area (Å²) < 4.78 is 5.31. The molecule has 0 radical (unpaired) electrons. The summed E-state index contributed by atoms with van der Waals surface area (Å²) in [6.45, 7) is 2.51. The summed E-state index contributed by atoms with van der Waals surface area (Å²) in [4.78, 5) is 3.96. The van der Waals surface area contributed by atoms with Crippen molar-refractivity contribution in [1.82, 2.24) is 15.2 Å². The van der Waals surface area contributed by atoms with Gasteiger partial charge in [0.15, 0.2) is 0 Å². The van der Waals surface area contributed by atoms with E-state index in [1.807, 2.05) is 12.1 Å². The molecule has 90 valence electrons. The van der Waals surface area contributed by atoms with Crippen LogP contribution in [-0.2, 0) is 6.42 Å². The monoisotopic (exact) mass is 252 g/mol. The average Bonchev–Trinajstić information content (AvgIpc) is 2.79. The molecule has 6 heteroatoms. The Morgan fingerprint density at radius 2 is 2.12 bits per heavy atom. The first kappa shape index (κ1) is 11.9. The molecule has 2 rings (SSSR count). The van der Waals surface area contributed by atoms with E-state index in [4.69, 9.17) is 16.0 Å². The highest BCUT2D eigenvalue weighted by Crippen LogP contribution is 2.18. The highest BCUT2D eigenvalue weighted by molar-refractivity contribution is 6.20. The van der Waals surface area contributed by atoms with Crippen LogP contribution in [0.4, 0.5) is 6.01 Å². The van der Waals surface area contributed by atoms with Crippen molar-refractivity contribution in [3.63, 3.8) is 0 Å². The molecule has 0 saturated carbocycles. The van der Waals surface area contributed by atoms with Gasteiger partial charge >= 0.3 is 6.01 Å². The molecule has 2 aromatic heterocycles. The van der Waals surface area contributed by atoms with Gasteiger partial charge in [0.05, 0.1) is 0 Å². The van der Waals surface area contributed by atoms with Crippen molar-refractivity contribution in [2.45, 2.75) is 18.7 Å². The van der Waals surface area contributed by atoms with Crippen LogP contribution in [0.5, 0.6) is 0 Å². The van der Waals surface area contributed by atoms with Crippen LogP contribution in [-0.4, -0.2) is 21.7 Å². The number of aromatic nitrogens is 3. The van der Waals surface area contributed by atoms with E-state index < -0.39 is 0 Å². The lowest BCUT2D eigenvalue weighted by Gasteiger charge is -2.01. The van der Waals surface area contributed by atoms with Gasteiger partial charge in [0, 0.05) is 18.9 Å². The second kappa shape index (κ2) is 5.63. The third kappa shape index (κ3) is 3.42. The average molecular weight is 253 g/mol. The van der Waals surface area contributed by atoms with Crippen molar-refractivity contribution < 1.29 is 4.42 Å². The largest absolute Gasteiger partial charge is 0.407 e. The molecule has 2 heterocycles. The van der Waals surface area contributed by atoms with Gasteiger partial charge in [-0.3, -0.25) is 4.98 Å². The lowest BCUT2D eigenvalue weighted by atomic mass is 10.2. The molecule has 1 N–H and O–H groups in total. The smallest absolute Gasteiger partial charge is 0.315 e. The molecular weight excluding hydrogens is 240 g/mol. The van der Waals surface area contributed by atoms with Crippen LogP contribution in [0.2, 0.25) is 0 Å². The predicted octanol–water partition coefficient (Wildman–Crippen LogP) is 2.42. The Hall–Kier alpha value is -1.62. The minimum Gasteiger partial charge on any atom is -0.407 e. The SMILES string of the molecule is CC(Cl)c1nnc(NCCc2ccncc2)o1. The predicted molar refractivity (Wildman–Crippen MR) is 65.0 cm³/mol. The van der Waals surface area contributed by atoms with Gasteiger partial charge < -0.3 is 9.73 Å². The number of alkyl halides is 1. The van der Waals surface area contributed by atoms with E-state index in [1.54, 1.807) is 19.3 Å². The number of anilines is 1. The normalized spacial score (nSPS) is 12.4. The molecule has 5 nitrogen and oxygen atoms in total. The lowest BCUT2D eigenvalue weighted by Crippen LogP contribution is -2.04. The summed E-state index contributed by atoms with van der Waals surface area (Å²) in [5.41, 5.74) is 1.21. The number of pyridine rings is 1. The fourth-order valence-corrected chi connectivity index (χ4v) is 1.42. The Morgan fingerprint density at radius 1 is 1.35 bits per heavy atom. The maximum atomic E-state index is 5.82. The molecule has 2 aromatic rings. The molecule has 0 amide bonds. The van der Waals surface area contributed by atoms with Gasteiger partial charge in [-0.15, -0.1) is 16.7 Å². The molecule has 0 aromatic carbocycles. The molecule has 1 atom stereocenters. The Labute approximate surface area is 104 Å². The van der Waals surface area contributed by atoms with E-state index in [-0.39, 0.29) is 5.38 Å². The van der Waals surface area contributed by atoms with Gasteiger partial charge in [-0.1, -0.05) is 5.10 Å². The summed E-state index contributed by atoms with van der Waals surface area (Å²) in [5, 5.41) is 10.4. The second-order valence-corrected chi connectivity index (χ2v) is 4.25. The second-order valence-electron chi connectivity index (χ2n) is 3.59. The van der Waals surface area contributed by atoms with E-state index in [2.05, 4.69) is 20.5 Å². The molecule has 0 aliphatic carbocycles. The third-order valence-electron chi connectivity index (χ3n) is 2.22. The molecule has 1 unspecified atom stereocenters. The maximum Gasteiger partial charge on any atom is 0.315 e. The van der Waals surface area contributed by atoms with Crippen LogP contribution in [0.15, 0.2) is 28.9 Å². The summed E-state index contributed by atoms with van der Waals surface area (Å²) >= 11 is 5.82. The third-order valence-corrected chi connectivity index (χ3v) is 2.41. The summed E-state index contributed by atoms with van der Waals surface area (Å²) in [6.07, 6.45) is 4.42. The van der Waals surface area contributed by atoms with Crippen LogP contribution < -0.4 is 5.32 Å². The van der Waals surface area contributed by atoms with E-state index >= 15 is 0 Å². The van der Waals surface area contributed by atoms with Gasteiger partial charge in [-0.05, 0) is 31.0 Å². The van der Waals surface area contributed by atoms with Crippen molar-refractivity contribution in [2.24, 2.45) is 0 Å². The molecule has 17 heavy (non-hydrogen) atoms. The molecule has 0 saturated heterocycles. The summed E-state index contributed by atoms with van der Waals surface area (Å²) in [7, 11) is 0. The van der Waals surface area contributed by atoms with Crippen molar-refractivity contribution in [2.75, 3.05) is 11.9 Å². The van der Waals surface area contributed by atoms with E-state index in [0.29, 0.717) is 11.9 Å². The van der Waals surface area contributed by atoms with E-state index in [9.17, 15) is 0 Å². The van der Waals surface area contributed by atoms with Crippen molar-refractivity contribution in [1.29, 1.82) is 0 Å². The zero-order valence-corrected chi connectivity index (χ0v) is 10.2. The standard InChI is InChI=1S/C11H13ClN4O/c1-8(12)10-15-16-11(17-10)14-7-4-9-2-5-13-6-3-9/h2-3,5-6,8H,4,7H2,1H3,(H,14,16). The van der Waals surface area contributed by atoms with Gasteiger partial charge in [0.2, 0.25) is 5.89 Å². The van der Waals surface area contributed by atoms with Crippen LogP contribution in [0.3, 0.4) is 0 Å². The first-order chi connectivity index (χ1) is 8.25. The topological polar surface area (TPSA) is 63.8 Å². The number of hydrogen-bond acceptors (Lipinski definition) is 5. The molecule has 0 fully saturated rings. The zero-order valence-electron chi connectivity index (χ0n) is 9.43. The highest BCUT2D eigenvalue weighted by Gasteiger charge is 2.10. The molecular formula is C11H13ClN4O. The van der Waals surface area contributed by atoms with Crippen LogP contribution in [0, 0.1) is 0 Å². The Balaban J connectivity index is 1.82. The van der Waals surface area contributed by atoms with Crippen molar-refractivity contribution >= 4 is 17.6 Å². The Bertz CT molecular complexity index is 458. The number of halogens is 1. The number of nitrogens with zero attached hydrogens (tertiary/aromatic N) is 3. The van der Waals surface area contributed by atoms with Crippen LogP contribution in [0.1, 0.15) is 23.8 Å².